The Morgan fingerprint density at radius 1 is 1.40 bits per heavy atom. The summed E-state index contributed by atoms with van der Waals surface area (Å²) in [7, 11) is -8.97. The maximum atomic E-state index is 12.2. The number of rotatable bonds is 5. The highest BCUT2D eigenvalue weighted by atomic mass is 32.3. The van der Waals surface area contributed by atoms with Crippen molar-refractivity contribution in [3.63, 3.8) is 0 Å². The molecule has 3 rings (SSSR count). The van der Waals surface area contributed by atoms with Crippen LogP contribution in [-0.2, 0) is 24.7 Å². The molecule has 3 N–H and O–H groups in total. The van der Waals surface area contributed by atoms with Crippen LogP contribution in [0.3, 0.4) is 0 Å². The van der Waals surface area contributed by atoms with Gasteiger partial charge in [0.05, 0.1) is 18.3 Å². The van der Waals surface area contributed by atoms with Gasteiger partial charge in [0.2, 0.25) is 0 Å². The SMILES string of the molecule is N=C(NS(=O)(=O)c1cnoc1)[C@@H]1CC[C@@H]2CN1C(=O)N2OS(=O)(=O)O. The fourth-order valence-corrected chi connectivity index (χ4v) is 4.01. The van der Waals surface area contributed by atoms with Crippen molar-refractivity contribution in [2.75, 3.05) is 6.54 Å². The van der Waals surface area contributed by atoms with E-state index in [4.69, 9.17) is 9.96 Å². The Morgan fingerprint density at radius 2 is 2.12 bits per heavy atom. The zero-order chi connectivity index (χ0) is 18.4. The van der Waals surface area contributed by atoms with Gasteiger partial charge in [-0.25, -0.2) is 13.2 Å². The molecule has 0 saturated carbocycles. The molecule has 0 aromatic carbocycles. The normalized spacial score (nSPS) is 23.8. The predicted octanol–water partition coefficient (Wildman–Crippen LogP) is -1.07. The van der Waals surface area contributed by atoms with Gasteiger partial charge < -0.3 is 9.42 Å². The van der Waals surface area contributed by atoms with E-state index in [1.807, 2.05) is 4.72 Å². The van der Waals surface area contributed by atoms with Gasteiger partial charge >= 0.3 is 16.4 Å². The van der Waals surface area contributed by atoms with E-state index in [2.05, 4.69) is 14.0 Å². The van der Waals surface area contributed by atoms with Crippen molar-refractivity contribution >= 4 is 32.3 Å². The summed E-state index contributed by atoms with van der Waals surface area (Å²) >= 11 is 0. The quantitative estimate of drug-likeness (QED) is 0.317. The van der Waals surface area contributed by atoms with Crippen molar-refractivity contribution in [1.82, 2.24) is 19.8 Å². The van der Waals surface area contributed by atoms with Crippen molar-refractivity contribution in [1.29, 1.82) is 5.41 Å². The van der Waals surface area contributed by atoms with E-state index in [9.17, 15) is 21.6 Å². The highest BCUT2D eigenvalue weighted by Crippen LogP contribution is 2.31. The van der Waals surface area contributed by atoms with Crippen LogP contribution in [0.4, 0.5) is 4.79 Å². The van der Waals surface area contributed by atoms with Gasteiger partial charge in [-0.3, -0.25) is 14.7 Å². The molecule has 0 aliphatic carbocycles. The Hall–Kier alpha value is -2.23. The van der Waals surface area contributed by atoms with Crippen molar-refractivity contribution in [2.45, 2.75) is 29.8 Å². The number of hydroxylamine groups is 2. The summed E-state index contributed by atoms with van der Waals surface area (Å²) in [4.78, 5) is 13.0. The zero-order valence-corrected chi connectivity index (χ0v) is 14.0. The van der Waals surface area contributed by atoms with Crippen molar-refractivity contribution in [3.8, 4) is 0 Å². The fourth-order valence-electron chi connectivity index (χ4n) is 2.73. The molecule has 3 heterocycles. The van der Waals surface area contributed by atoms with E-state index >= 15 is 0 Å². The zero-order valence-electron chi connectivity index (χ0n) is 12.4. The molecule has 15 heteroatoms. The first kappa shape index (κ1) is 17.6. The number of amides is 2. The van der Waals surface area contributed by atoms with E-state index in [0.717, 1.165) is 17.4 Å². The second kappa shape index (κ2) is 5.94. The number of hydrogen-bond acceptors (Lipinski definition) is 9. The second-order valence-electron chi connectivity index (χ2n) is 5.39. The summed E-state index contributed by atoms with van der Waals surface area (Å²) in [5.74, 6) is -0.471. The number of hydrogen-bond donors (Lipinski definition) is 3. The molecule has 13 nitrogen and oxygen atoms in total. The number of aromatic nitrogens is 1. The van der Waals surface area contributed by atoms with Crippen LogP contribution in [0, 0.1) is 5.41 Å². The Kier molecular flexibility index (Phi) is 4.18. The fraction of sp³-hybridized carbons (Fsp3) is 0.500. The molecule has 2 atom stereocenters. The maximum absolute atomic E-state index is 12.2. The van der Waals surface area contributed by atoms with Gasteiger partial charge in [-0.05, 0) is 12.8 Å². The molecule has 0 unspecified atom stereocenters. The van der Waals surface area contributed by atoms with Crippen LogP contribution in [0.1, 0.15) is 12.8 Å². The molecule has 25 heavy (non-hydrogen) atoms. The molecular formula is C10H13N5O8S2. The maximum Gasteiger partial charge on any atom is 0.418 e. The average molecular weight is 395 g/mol. The van der Waals surface area contributed by atoms with E-state index in [1.54, 1.807) is 0 Å². The Balaban J connectivity index is 1.75. The summed E-state index contributed by atoms with van der Waals surface area (Å²) in [5, 5.41) is 11.7. The highest BCUT2D eigenvalue weighted by molar-refractivity contribution is 7.90. The van der Waals surface area contributed by atoms with Crippen LogP contribution in [-0.4, -0.2) is 67.0 Å². The minimum Gasteiger partial charge on any atom is -0.363 e. The molecular weight excluding hydrogens is 382 g/mol. The third-order valence-electron chi connectivity index (χ3n) is 3.79. The molecule has 2 bridgehead atoms. The van der Waals surface area contributed by atoms with E-state index < -0.39 is 44.4 Å². The summed E-state index contributed by atoms with van der Waals surface area (Å²) in [6, 6.07) is -2.44. The van der Waals surface area contributed by atoms with Crippen molar-refractivity contribution in [2.24, 2.45) is 0 Å². The highest BCUT2D eigenvalue weighted by Gasteiger charge is 2.48. The number of carbonyl (C=O) groups is 1. The van der Waals surface area contributed by atoms with E-state index in [1.165, 1.54) is 0 Å². The standard InChI is InChI=1S/C10H13N5O8S2/c11-9(13-24(17,18)7-3-12-22-5-7)8-2-1-6-4-14(8)10(16)15(6)23-25(19,20)21/h3,5-6,8H,1-2,4H2,(H2,11,13)(H,19,20,21)/t6-,8+/m1/s1. The van der Waals surface area contributed by atoms with Crippen molar-refractivity contribution < 1.29 is 35.0 Å². The van der Waals surface area contributed by atoms with Gasteiger partial charge in [0, 0.05) is 6.54 Å². The lowest BCUT2D eigenvalue weighted by Crippen LogP contribution is -2.50. The molecule has 138 valence electrons. The van der Waals surface area contributed by atoms with Crippen LogP contribution in [0.5, 0.6) is 0 Å². The van der Waals surface area contributed by atoms with Crippen LogP contribution in [0.25, 0.3) is 0 Å². The first-order valence-electron chi connectivity index (χ1n) is 6.86. The molecule has 0 spiro atoms. The molecule has 1 aromatic rings. The van der Waals surface area contributed by atoms with Crippen LogP contribution >= 0.6 is 0 Å². The van der Waals surface area contributed by atoms with Crippen molar-refractivity contribution in [3.05, 3.63) is 12.5 Å². The molecule has 2 saturated heterocycles. The largest absolute Gasteiger partial charge is 0.418 e. The smallest absolute Gasteiger partial charge is 0.363 e. The first-order valence-corrected chi connectivity index (χ1v) is 9.71. The monoisotopic (exact) mass is 395 g/mol. The number of nitrogens with zero attached hydrogens (tertiary/aromatic N) is 3. The van der Waals surface area contributed by atoms with Gasteiger partial charge in [-0.2, -0.15) is 13.5 Å². The number of amidine groups is 1. The summed E-state index contributed by atoms with van der Waals surface area (Å²) in [5.41, 5.74) is 0. The van der Waals surface area contributed by atoms with Gasteiger partial charge in [0.15, 0.2) is 0 Å². The van der Waals surface area contributed by atoms with Gasteiger partial charge in [0.1, 0.15) is 17.0 Å². The molecule has 0 radical (unpaired) electrons. The number of sulfonamides is 1. The van der Waals surface area contributed by atoms with Gasteiger partial charge in [-0.1, -0.05) is 5.16 Å². The summed E-state index contributed by atoms with van der Waals surface area (Å²) in [6.45, 7) is 0.0242. The Labute approximate surface area is 142 Å². The Morgan fingerprint density at radius 3 is 2.72 bits per heavy atom. The lowest BCUT2D eigenvalue weighted by Gasteiger charge is -2.30. The minimum atomic E-state index is -4.88. The van der Waals surface area contributed by atoms with E-state index in [0.29, 0.717) is 5.06 Å². The van der Waals surface area contributed by atoms with E-state index in [-0.39, 0.29) is 24.3 Å². The number of nitrogens with one attached hydrogen (secondary N) is 2. The number of fused-ring (bicyclic) bond motifs is 2. The summed E-state index contributed by atoms with van der Waals surface area (Å²) < 4.78 is 65.3. The molecule has 1 aromatic heterocycles. The molecule has 2 amide bonds. The molecule has 2 aliphatic heterocycles. The third-order valence-corrected chi connectivity index (χ3v) is 5.45. The summed E-state index contributed by atoms with van der Waals surface area (Å²) in [6.07, 6.45) is 2.29. The number of urea groups is 1. The topological polar surface area (TPSA) is 183 Å². The van der Waals surface area contributed by atoms with Crippen LogP contribution in [0.2, 0.25) is 0 Å². The lowest BCUT2D eigenvalue weighted by molar-refractivity contribution is -0.0316. The Bertz CT molecular complexity index is 896. The molecule has 2 aliphatic rings. The average Bonchev–Trinajstić information content (AvgIpc) is 3.11. The van der Waals surface area contributed by atoms with Gasteiger partial charge in [0.25, 0.3) is 10.0 Å². The number of piperidine rings is 1. The second-order valence-corrected chi connectivity index (χ2v) is 8.08. The molecule has 2 fully saturated rings. The van der Waals surface area contributed by atoms with Gasteiger partial charge in [-0.15, -0.1) is 4.28 Å². The lowest BCUT2D eigenvalue weighted by atomic mass is 10.0. The predicted molar refractivity (Wildman–Crippen MR) is 77.9 cm³/mol. The first-order chi connectivity index (χ1) is 11.6. The van der Waals surface area contributed by atoms with Crippen LogP contribution in [0.15, 0.2) is 21.9 Å². The number of carbonyl (C=O) groups excluding carboxylic acids is 1. The van der Waals surface area contributed by atoms with Crippen LogP contribution < -0.4 is 4.72 Å². The third kappa shape index (κ3) is 3.44. The minimum absolute atomic E-state index is 0.0242.